The minimum absolute atomic E-state index is 0.195. The number of aryl methyl sites for hydroxylation is 1. The maximum Gasteiger partial charge on any atom is 0.262 e. The van der Waals surface area contributed by atoms with Gasteiger partial charge in [-0.3, -0.25) is 14.5 Å². The molecule has 7 heteroatoms. The van der Waals surface area contributed by atoms with Gasteiger partial charge in [0.25, 0.3) is 11.8 Å². The fourth-order valence-corrected chi connectivity index (χ4v) is 5.98. The molecule has 5 aromatic rings. The number of hydrogen-bond donors (Lipinski definition) is 0. The molecule has 0 spiro atoms. The van der Waals surface area contributed by atoms with Crippen LogP contribution < -0.4 is 0 Å². The van der Waals surface area contributed by atoms with E-state index in [9.17, 15) is 14.9 Å². The summed E-state index contributed by atoms with van der Waals surface area (Å²) >= 11 is 0. The first kappa shape index (κ1) is 24.1. The molecular weight excluding hydrogens is 500 g/mol. The number of benzene rings is 3. The maximum atomic E-state index is 14.3. The molecule has 3 aromatic carbocycles. The van der Waals surface area contributed by atoms with Crippen LogP contribution in [-0.2, 0) is 34.0 Å². The summed E-state index contributed by atoms with van der Waals surface area (Å²) in [6.45, 7) is 1.61. The summed E-state index contributed by atoms with van der Waals surface area (Å²) in [7, 11) is 0. The maximum absolute atomic E-state index is 14.3. The third kappa shape index (κ3) is 3.84. The van der Waals surface area contributed by atoms with E-state index in [2.05, 4.69) is 15.2 Å². The zero-order chi connectivity index (χ0) is 27.2. The van der Waals surface area contributed by atoms with Crippen molar-refractivity contribution < 1.29 is 14.3 Å². The normalized spacial score (nSPS) is 17.8. The van der Waals surface area contributed by atoms with Gasteiger partial charge in [-0.15, -0.1) is 0 Å². The molecule has 7 rings (SSSR count). The van der Waals surface area contributed by atoms with Crippen LogP contribution in [0.2, 0.25) is 0 Å². The number of nitriles is 1. The molecule has 0 saturated carbocycles. The van der Waals surface area contributed by atoms with Gasteiger partial charge in [0.2, 0.25) is 0 Å². The number of aromatic nitrogens is 2. The van der Waals surface area contributed by atoms with Crippen molar-refractivity contribution in [2.75, 3.05) is 6.61 Å². The van der Waals surface area contributed by atoms with Crippen molar-refractivity contribution in [2.24, 2.45) is 0 Å². The summed E-state index contributed by atoms with van der Waals surface area (Å²) in [5, 5.41) is 11.5. The predicted octanol–water partition coefficient (Wildman–Crippen LogP) is 5.39. The van der Waals surface area contributed by atoms with E-state index >= 15 is 0 Å². The largest absolute Gasteiger partial charge is 0.361 e. The Labute approximate surface area is 231 Å². The zero-order valence-electron chi connectivity index (χ0n) is 21.8. The fourth-order valence-electron chi connectivity index (χ4n) is 5.98. The summed E-state index contributed by atoms with van der Waals surface area (Å²) < 4.78 is 10.1. The smallest absolute Gasteiger partial charge is 0.262 e. The van der Waals surface area contributed by atoms with Crippen LogP contribution in [0, 0.1) is 11.3 Å². The Morgan fingerprint density at radius 1 is 0.750 bits per heavy atom. The van der Waals surface area contributed by atoms with Crippen LogP contribution in [0.15, 0.2) is 91.3 Å². The van der Waals surface area contributed by atoms with Gasteiger partial charge in [0, 0.05) is 64.8 Å². The van der Waals surface area contributed by atoms with E-state index in [-0.39, 0.29) is 18.4 Å². The highest BCUT2D eigenvalue weighted by molar-refractivity contribution is 6.50. The molecule has 0 saturated heterocycles. The minimum atomic E-state index is -0.556. The Morgan fingerprint density at radius 2 is 1.30 bits per heavy atom. The van der Waals surface area contributed by atoms with E-state index < -0.39 is 6.10 Å². The van der Waals surface area contributed by atoms with E-state index in [0.29, 0.717) is 37.3 Å². The first-order valence-electron chi connectivity index (χ1n) is 13.5. The molecule has 1 unspecified atom stereocenters. The van der Waals surface area contributed by atoms with Crippen molar-refractivity contribution in [3.05, 3.63) is 108 Å². The molecule has 196 valence electrons. The Kier molecular flexibility index (Phi) is 5.84. The molecule has 0 fully saturated rings. The lowest BCUT2D eigenvalue weighted by atomic mass is 9.95. The molecule has 4 heterocycles. The quantitative estimate of drug-likeness (QED) is 0.289. The number of carbonyl (C=O) groups excluding carboxylic acids is 2. The lowest BCUT2D eigenvalue weighted by molar-refractivity contribution is -0.136. The van der Waals surface area contributed by atoms with Crippen molar-refractivity contribution in [3.63, 3.8) is 0 Å². The van der Waals surface area contributed by atoms with Gasteiger partial charge in [-0.25, -0.2) is 0 Å². The van der Waals surface area contributed by atoms with Gasteiger partial charge in [-0.1, -0.05) is 66.7 Å². The van der Waals surface area contributed by atoms with Crippen molar-refractivity contribution >= 4 is 44.8 Å². The van der Waals surface area contributed by atoms with E-state index in [0.717, 1.165) is 38.5 Å². The molecule has 2 aromatic heterocycles. The van der Waals surface area contributed by atoms with Crippen LogP contribution in [0.25, 0.3) is 33.0 Å². The molecular formula is C33H26N4O3. The van der Waals surface area contributed by atoms with Crippen LogP contribution in [0.1, 0.15) is 23.1 Å². The van der Waals surface area contributed by atoms with Gasteiger partial charge in [-0.05, 0) is 17.7 Å². The van der Waals surface area contributed by atoms with E-state index in [1.54, 1.807) is 0 Å². The van der Waals surface area contributed by atoms with Crippen molar-refractivity contribution in [2.45, 2.75) is 32.2 Å². The number of para-hydroxylation sites is 2. The first-order valence-corrected chi connectivity index (χ1v) is 13.5. The Balaban J connectivity index is 1.50. The summed E-state index contributed by atoms with van der Waals surface area (Å²) in [6, 6.07) is 27.7. The summed E-state index contributed by atoms with van der Waals surface area (Å²) in [4.78, 5) is 29.9. The lowest BCUT2D eigenvalue weighted by Gasteiger charge is -2.15. The number of carbonyl (C=O) groups is 2. The molecule has 2 aliphatic rings. The van der Waals surface area contributed by atoms with Gasteiger partial charge in [0.05, 0.1) is 30.4 Å². The molecule has 2 amide bonds. The zero-order valence-corrected chi connectivity index (χ0v) is 21.8. The topological polar surface area (TPSA) is 80.3 Å². The Morgan fingerprint density at radius 3 is 1.90 bits per heavy atom. The number of amides is 2. The average molecular weight is 527 g/mol. The molecule has 0 aliphatic carbocycles. The molecule has 0 N–H and O–H groups in total. The van der Waals surface area contributed by atoms with Crippen LogP contribution in [0.3, 0.4) is 0 Å². The van der Waals surface area contributed by atoms with Gasteiger partial charge in [0.15, 0.2) is 0 Å². The Hall–Kier alpha value is -4.93. The van der Waals surface area contributed by atoms with Crippen LogP contribution >= 0.6 is 0 Å². The van der Waals surface area contributed by atoms with Crippen LogP contribution in [0.5, 0.6) is 0 Å². The first-order chi connectivity index (χ1) is 19.6. The number of hydrogen-bond acceptors (Lipinski definition) is 4. The molecule has 1 atom stereocenters. The molecule has 0 radical (unpaired) electrons. The number of fused-ring (bicyclic) bond motifs is 12. The summed E-state index contributed by atoms with van der Waals surface area (Å²) in [6.07, 6.45) is 3.86. The molecule has 40 heavy (non-hydrogen) atoms. The highest BCUT2D eigenvalue weighted by Gasteiger charge is 2.41. The number of imide groups is 1. The van der Waals surface area contributed by atoms with Crippen LogP contribution in [0.4, 0.5) is 0 Å². The number of rotatable bonds is 2. The lowest BCUT2D eigenvalue weighted by Crippen LogP contribution is -2.30. The van der Waals surface area contributed by atoms with Gasteiger partial charge < -0.3 is 13.9 Å². The van der Waals surface area contributed by atoms with Gasteiger partial charge in [0.1, 0.15) is 6.10 Å². The monoisotopic (exact) mass is 526 g/mol. The van der Waals surface area contributed by atoms with E-state index in [4.69, 9.17) is 4.74 Å². The van der Waals surface area contributed by atoms with E-state index in [1.165, 1.54) is 4.90 Å². The third-order valence-corrected chi connectivity index (χ3v) is 7.89. The number of ether oxygens (including phenoxy) is 1. The summed E-state index contributed by atoms with van der Waals surface area (Å²) in [5.74, 6) is -0.592. The highest BCUT2D eigenvalue weighted by atomic mass is 16.5. The highest BCUT2D eigenvalue weighted by Crippen LogP contribution is 2.42. The second-order valence-corrected chi connectivity index (χ2v) is 10.2. The van der Waals surface area contributed by atoms with Gasteiger partial charge >= 0.3 is 0 Å². The minimum Gasteiger partial charge on any atom is -0.361 e. The molecule has 2 aliphatic heterocycles. The van der Waals surface area contributed by atoms with E-state index in [1.807, 2.05) is 91.3 Å². The predicted molar refractivity (Wildman–Crippen MR) is 153 cm³/mol. The standard InChI is InChI=1S/C33H26N4O3/c34-18-23-14-15-35-20-26(24-10-4-6-12-28(24)35)30-31(33(39)37(32(30)38)19-22-8-2-1-3-9-22)27-21-36(16-17-40-23)29-13-7-5-11-25(27)29/h1-13,20-21,23H,14-17,19H2. The van der Waals surface area contributed by atoms with Crippen LogP contribution in [-0.4, -0.2) is 38.6 Å². The molecule has 4 bridgehead atoms. The number of nitrogens with zero attached hydrogens (tertiary/aromatic N) is 4. The second kappa shape index (κ2) is 9.67. The summed E-state index contributed by atoms with van der Waals surface area (Å²) in [5.41, 5.74) is 5.07. The Bertz CT molecular complexity index is 1870. The fraction of sp³-hybridized carbons (Fsp3) is 0.182. The average Bonchev–Trinajstić information content (AvgIpc) is 3.61. The van der Waals surface area contributed by atoms with Crippen molar-refractivity contribution in [1.82, 2.24) is 14.0 Å². The second-order valence-electron chi connectivity index (χ2n) is 10.2. The van der Waals surface area contributed by atoms with Crippen molar-refractivity contribution in [3.8, 4) is 6.07 Å². The van der Waals surface area contributed by atoms with Crippen molar-refractivity contribution in [1.29, 1.82) is 5.26 Å². The van der Waals surface area contributed by atoms with Gasteiger partial charge in [-0.2, -0.15) is 5.26 Å². The SMILES string of the molecule is N#CC1CCn2cc(c3ccccc32)C2=C(C(=O)N(Cc3ccccc3)C2=O)c2cn(c3ccccc23)CCO1. The molecule has 7 nitrogen and oxygen atoms in total. The third-order valence-electron chi connectivity index (χ3n) is 7.89.